The molecule has 1 aliphatic carbocycles. The fraction of sp³-hybridized carbons (Fsp3) is 0.632. The summed E-state index contributed by atoms with van der Waals surface area (Å²) in [5.74, 6) is 0.745. The average Bonchev–Trinajstić information content (AvgIpc) is 2.59. The summed E-state index contributed by atoms with van der Waals surface area (Å²) in [7, 11) is 0. The van der Waals surface area contributed by atoms with Crippen LogP contribution in [0.5, 0.6) is 5.75 Å². The number of ether oxygens (including phenoxy) is 2. The molecule has 5 heteroatoms. The molecule has 24 heavy (non-hydrogen) atoms. The summed E-state index contributed by atoms with van der Waals surface area (Å²) in [6.07, 6.45) is 4.29. The van der Waals surface area contributed by atoms with Gasteiger partial charge in [0.15, 0.2) is 6.61 Å². The second kappa shape index (κ2) is 7.99. The number of amides is 1. The van der Waals surface area contributed by atoms with Crippen molar-refractivity contribution in [3.63, 3.8) is 0 Å². The third-order valence-corrected chi connectivity index (χ3v) is 5.21. The van der Waals surface area contributed by atoms with Crippen LogP contribution < -0.4 is 15.4 Å². The zero-order valence-corrected chi connectivity index (χ0v) is 14.6. The van der Waals surface area contributed by atoms with E-state index in [2.05, 4.69) is 10.6 Å². The zero-order chi connectivity index (χ0) is 16.9. The van der Waals surface area contributed by atoms with Crippen LogP contribution in [0.15, 0.2) is 18.2 Å². The van der Waals surface area contributed by atoms with Gasteiger partial charge in [0.1, 0.15) is 5.75 Å². The highest BCUT2D eigenvalue weighted by atomic mass is 16.5. The van der Waals surface area contributed by atoms with E-state index in [0.29, 0.717) is 12.1 Å². The van der Waals surface area contributed by atoms with E-state index in [1.54, 1.807) is 0 Å². The van der Waals surface area contributed by atoms with E-state index in [1.807, 2.05) is 32.0 Å². The molecule has 2 atom stereocenters. The maximum absolute atomic E-state index is 12.2. The van der Waals surface area contributed by atoms with Crippen LogP contribution in [0.4, 0.5) is 0 Å². The van der Waals surface area contributed by atoms with Crippen LogP contribution in [-0.2, 0) is 9.53 Å². The number of aryl methyl sites for hydroxylation is 1. The van der Waals surface area contributed by atoms with E-state index in [-0.39, 0.29) is 18.6 Å². The van der Waals surface area contributed by atoms with Gasteiger partial charge in [-0.1, -0.05) is 12.1 Å². The van der Waals surface area contributed by atoms with Gasteiger partial charge in [0.05, 0.1) is 0 Å². The molecular formula is C19H28N2O3. The molecule has 1 saturated carbocycles. The highest BCUT2D eigenvalue weighted by Gasteiger charge is 2.33. The molecule has 0 aromatic heterocycles. The Hall–Kier alpha value is -1.59. The molecule has 0 unspecified atom stereocenters. The Labute approximate surface area is 144 Å². The first-order valence-electron chi connectivity index (χ1n) is 8.95. The third kappa shape index (κ3) is 4.28. The van der Waals surface area contributed by atoms with Crippen molar-refractivity contribution in [3.05, 3.63) is 29.3 Å². The summed E-state index contributed by atoms with van der Waals surface area (Å²) >= 11 is 0. The Morgan fingerprint density at radius 2 is 1.92 bits per heavy atom. The fourth-order valence-electron chi connectivity index (χ4n) is 3.31. The summed E-state index contributed by atoms with van der Waals surface area (Å²) in [6.45, 7) is 5.81. The largest absolute Gasteiger partial charge is 0.483 e. The maximum atomic E-state index is 12.2. The number of benzene rings is 1. The highest BCUT2D eigenvalue weighted by Crippen LogP contribution is 2.23. The van der Waals surface area contributed by atoms with Gasteiger partial charge in [0.25, 0.3) is 5.91 Å². The molecule has 0 spiro atoms. The smallest absolute Gasteiger partial charge is 0.258 e. The Morgan fingerprint density at radius 3 is 2.62 bits per heavy atom. The Kier molecular flexibility index (Phi) is 5.74. The molecule has 1 saturated heterocycles. The van der Waals surface area contributed by atoms with Gasteiger partial charge in [-0.2, -0.15) is 0 Å². The van der Waals surface area contributed by atoms with E-state index in [4.69, 9.17) is 9.47 Å². The van der Waals surface area contributed by atoms with E-state index in [9.17, 15) is 4.79 Å². The standard InChI is InChI=1S/C19H28N2O3/c1-13-4-3-5-18(14(13)2)24-12-19(22)21-17-7-6-16(17)20-15-8-10-23-11-9-15/h3-5,15-17,20H,6-12H2,1-2H3,(H,21,22)/t16-,17+/m1/s1. The van der Waals surface area contributed by atoms with Crippen LogP contribution in [0.2, 0.25) is 0 Å². The summed E-state index contributed by atoms with van der Waals surface area (Å²) in [5, 5.41) is 6.77. The van der Waals surface area contributed by atoms with Gasteiger partial charge in [-0.15, -0.1) is 0 Å². The first-order valence-corrected chi connectivity index (χ1v) is 8.95. The van der Waals surface area contributed by atoms with E-state index >= 15 is 0 Å². The third-order valence-electron chi connectivity index (χ3n) is 5.21. The van der Waals surface area contributed by atoms with Gasteiger partial charge in [0.2, 0.25) is 0 Å². The Morgan fingerprint density at radius 1 is 1.17 bits per heavy atom. The first kappa shape index (κ1) is 17.2. The van der Waals surface area contributed by atoms with Crippen molar-refractivity contribution in [1.29, 1.82) is 0 Å². The second-order valence-electron chi connectivity index (χ2n) is 6.90. The van der Waals surface area contributed by atoms with Gasteiger partial charge in [-0.3, -0.25) is 4.79 Å². The lowest BCUT2D eigenvalue weighted by Gasteiger charge is -2.41. The Bertz CT molecular complexity index is 570. The first-order chi connectivity index (χ1) is 11.6. The van der Waals surface area contributed by atoms with Crippen LogP contribution in [-0.4, -0.2) is 43.9 Å². The second-order valence-corrected chi connectivity index (χ2v) is 6.90. The number of rotatable bonds is 6. The van der Waals surface area contributed by atoms with Crippen molar-refractivity contribution < 1.29 is 14.3 Å². The zero-order valence-electron chi connectivity index (χ0n) is 14.6. The number of hydrogen-bond donors (Lipinski definition) is 2. The summed E-state index contributed by atoms with van der Waals surface area (Å²) < 4.78 is 11.1. The van der Waals surface area contributed by atoms with Gasteiger partial charge < -0.3 is 20.1 Å². The topological polar surface area (TPSA) is 59.6 Å². The van der Waals surface area contributed by atoms with Crippen LogP contribution in [0.3, 0.4) is 0 Å². The van der Waals surface area contributed by atoms with Crippen LogP contribution >= 0.6 is 0 Å². The fourth-order valence-corrected chi connectivity index (χ4v) is 3.31. The highest BCUT2D eigenvalue weighted by molar-refractivity contribution is 5.78. The normalized spacial score (nSPS) is 24.2. The summed E-state index contributed by atoms with van der Waals surface area (Å²) in [4.78, 5) is 12.2. The van der Waals surface area contributed by atoms with E-state index in [0.717, 1.165) is 50.2 Å². The van der Waals surface area contributed by atoms with Crippen LogP contribution in [0, 0.1) is 13.8 Å². The number of nitrogens with one attached hydrogen (secondary N) is 2. The molecule has 1 aromatic carbocycles. The minimum Gasteiger partial charge on any atom is -0.483 e. The molecule has 3 rings (SSSR count). The number of carbonyl (C=O) groups is 1. The van der Waals surface area contributed by atoms with Gasteiger partial charge in [-0.25, -0.2) is 0 Å². The number of hydrogen-bond acceptors (Lipinski definition) is 4. The van der Waals surface area contributed by atoms with E-state index < -0.39 is 0 Å². The van der Waals surface area contributed by atoms with Gasteiger partial charge in [-0.05, 0) is 56.7 Å². The summed E-state index contributed by atoms with van der Waals surface area (Å²) in [6, 6.07) is 7.04. The lowest BCUT2D eigenvalue weighted by atomic mass is 9.85. The molecule has 1 aromatic rings. The number of carbonyl (C=O) groups excluding carboxylic acids is 1. The van der Waals surface area contributed by atoms with Crippen molar-refractivity contribution >= 4 is 5.91 Å². The molecular weight excluding hydrogens is 304 g/mol. The monoisotopic (exact) mass is 332 g/mol. The lowest BCUT2D eigenvalue weighted by molar-refractivity contribution is -0.124. The molecule has 0 radical (unpaired) electrons. The SMILES string of the molecule is Cc1cccc(OCC(=O)N[C@H]2CC[C@H]2NC2CCOCC2)c1C. The van der Waals surface area contributed by atoms with Crippen LogP contribution in [0.25, 0.3) is 0 Å². The van der Waals surface area contributed by atoms with Crippen molar-refractivity contribution in [2.45, 2.75) is 57.7 Å². The van der Waals surface area contributed by atoms with Crippen molar-refractivity contribution in [2.24, 2.45) is 0 Å². The predicted octanol–water partition coefficient (Wildman–Crippen LogP) is 2.10. The average molecular weight is 332 g/mol. The minimum absolute atomic E-state index is 0.0422. The minimum atomic E-state index is -0.0422. The van der Waals surface area contributed by atoms with E-state index in [1.165, 1.54) is 5.56 Å². The molecule has 132 valence electrons. The van der Waals surface area contributed by atoms with Crippen LogP contribution in [0.1, 0.15) is 36.8 Å². The predicted molar refractivity (Wildman–Crippen MR) is 93.3 cm³/mol. The van der Waals surface area contributed by atoms with Crippen molar-refractivity contribution in [2.75, 3.05) is 19.8 Å². The van der Waals surface area contributed by atoms with Gasteiger partial charge >= 0.3 is 0 Å². The molecule has 1 amide bonds. The molecule has 1 aliphatic heterocycles. The molecule has 2 aliphatic rings. The molecule has 5 nitrogen and oxygen atoms in total. The van der Waals surface area contributed by atoms with Crippen molar-refractivity contribution in [3.8, 4) is 5.75 Å². The maximum Gasteiger partial charge on any atom is 0.258 e. The lowest BCUT2D eigenvalue weighted by Crippen LogP contribution is -2.60. The summed E-state index contributed by atoms with van der Waals surface area (Å²) in [5.41, 5.74) is 2.26. The van der Waals surface area contributed by atoms with Crippen molar-refractivity contribution in [1.82, 2.24) is 10.6 Å². The quantitative estimate of drug-likeness (QED) is 0.837. The Balaban J connectivity index is 1.42. The molecule has 1 heterocycles. The molecule has 0 bridgehead atoms. The van der Waals surface area contributed by atoms with Gasteiger partial charge in [0, 0.05) is 31.3 Å². The molecule has 2 N–H and O–H groups in total. The molecule has 2 fully saturated rings.